The molecule has 0 atom stereocenters. The highest BCUT2D eigenvalue weighted by Gasteiger charge is 2.30. The summed E-state index contributed by atoms with van der Waals surface area (Å²) in [6.45, 7) is 3.64. The molecule has 3 aromatic carbocycles. The number of rotatable bonds is 7. The van der Waals surface area contributed by atoms with E-state index in [0.717, 1.165) is 29.3 Å². The van der Waals surface area contributed by atoms with Gasteiger partial charge in [-0.05, 0) is 67.4 Å². The van der Waals surface area contributed by atoms with E-state index in [1.54, 1.807) is 30.3 Å². The molecule has 0 aliphatic carbocycles. The van der Waals surface area contributed by atoms with Crippen LogP contribution in [0.25, 0.3) is 6.08 Å². The molecule has 0 fully saturated rings. The predicted molar refractivity (Wildman–Crippen MR) is 130 cm³/mol. The van der Waals surface area contributed by atoms with E-state index in [-0.39, 0.29) is 23.8 Å². The van der Waals surface area contributed by atoms with Crippen LogP contribution in [0.4, 0.5) is 24.5 Å². The van der Waals surface area contributed by atoms with Crippen LogP contribution in [0.5, 0.6) is 5.75 Å². The lowest BCUT2D eigenvalue weighted by molar-refractivity contribution is -0.137. The van der Waals surface area contributed by atoms with Crippen LogP contribution >= 0.6 is 0 Å². The van der Waals surface area contributed by atoms with Crippen molar-refractivity contribution in [2.75, 3.05) is 17.2 Å². The van der Waals surface area contributed by atoms with Crippen molar-refractivity contribution in [3.63, 3.8) is 0 Å². The highest BCUT2D eigenvalue weighted by molar-refractivity contribution is 6.09. The second-order valence-electron chi connectivity index (χ2n) is 7.93. The number of alkyl halides is 3. The largest absolute Gasteiger partial charge is 0.484 e. The van der Waals surface area contributed by atoms with Crippen LogP contribution in [0, 0.1) is 25.2 Å². The number of hydrogen-bond donors (Lipinski definition) is 2. The number of benzene rings is 3. The van der Waals surface area contributed by atoms with Gasteiger partial charge in [0.15, 0.2) is 6.61 Å². The molecule has 0 aliphatic heterocycles. The topological polar surface area (TPSA) is 91.2 Å². The van der Waals surface area contributed by atoms with Crippen LogP contribution in [0.2, 0.25) is 0 Å². The molecule has 0 heterocycles. The van der Waals surface area contributed by atoms with Gasteiger partial charge in [-0.3, -0.25) is 9.59 Å². The van der Waals surface area contributed by atoms with Gasteiger partial charge in [0.1, 0.15) is 17.4 Å². The highest BCUT2D eigenvalue weighted by atomic mass is 19.4. The number of amides is 2. The maximum absolute atomic E-state index is 12.9. The lowest BCUT2D eigenvalue weighted by Crippen LogP contribution is -2.20. The van der Waals surface area contributed by atoms with Crippen LogP contribution in [0.15, 0.2) is 72.3 Å². The number of nitriles is 1. The molecule has 3 rings (SSSR count). The van der Waals surface area contributed by atoms with Crippen LogP contribution in [0.1, 0.15) is 22.3 Å². The quantitative estimate of drug-likeness (QED) is 0.317. The molecule has 36 heavy (non-hydrogen) atoms. The van der Waals surface area contributed by atoms with E-state index < -0.39 is 17.6 Å². The molecule has 0 unspecified atom stereocenters. The molecule has 3 aromatic rings. The Morgan fingerprint density at radius 3 is 2.36 bits per heavy atom. The highest BCUT2D eigenvalue weighted by Crippen LogP contribution is 2.30. The fraction of sp³-hybridized carbons (Fsp3) is 0.148. The second kappa shape index (κ2) is 11.2. The van der Waals surface area contributed by atoms with Crippen molar-refractivity contribution >= 4 is 29.3 Å². The molecule has 2 N–H and O–H groups in total. The molecule has 0 saturated carbocycles. The van der Waals surface area contributed by atoms with E-state index in [1.807, 2.05) is 32.0 Å². The fourth-order valence-corrected chi connectivity index (χ4v) is 3.24. The number of carbonyl (C=O) groups excluding carboxylic acids is 2. The maximum Gasteiger partial charge on any atom is 0.416 e. The molecule has 0 spiro atoms. The molecule has 2 amide bonds. The number of nitrogens with zero attached hydrogens (tertiary/aromatic N) is 1. The van der Waals surface area contributed by atoms with Gasteiger partial charge in [-0.15, -0.1) is 0 Å². The minimum atomic E-state index is -4.56. The summed E-state index contributed by atoms with van der Waals surface area (Å²) in [6, 6.07) is 17.8. The third-order valence-corrected chi connectivity index (χ3v) is 5.03. The van der Waals surface area contributed by atoms with Crippen molar-refractivity contribution in [3.8, 4) is 11.8 Å². The summed E-state index contributed by atoms with van der Waals surface area (Å²) < 4.78 is 44.1. The molecule has 0 radical (unpaired) electrons. The second-order valence-corrected chi connectivity index (χ2v) is 7.93. The molecular weight excluding hydrogens is 471 g/mol. The standard InChI is InChI=1S/C27H22F3N3O3/c1-17-6-11-24(18(2)12-17)33-25(34)16-36-23-9-7-19(8-10-23)13-20(15-31)26(35)32-22-5-3-4-21(14-22)27(28,29)30/h3-14H,16H2,1-2H3,(H,32,35)(H,33,34)/b20-13+. The number of aryl methyl sites for hydroxylation is 2. The molecule has 9 heteroatoms. The number of halogens is 3. The summed E-state index contributed by atoms with van der Waals surface area (Å²) in [6.07, 6.45) is -3.27. The number of carbonyl (C=O) groups is 2. The van der Waals surface area contributed by atoms with Crippen molar-refractivity contribution in [2.45, 2.75) is 20.0 Å². The predicted octanol–water partition coefficient (Wildman–Crippen LogP) is 5.89. The summed E-state index contributed by atoms with van der Waals surface area (Å²) in [7, 11) is 0. The molecule has 0 aromatic heterocycles. The first kappa shape index (κ1) is 26.0. The van der Waals surface area contributed by atoms with E-state index >= 15 is 0 Å². The first-order valence-corrected chi connectivity index (χ1v) is 10.8. The Bertz CT molecular complexity index is 1340. The van der Waals surface area contributed by atoms with Gasteiger partial charge in [0, 0.05) is 11.4 Å². The molecule has 0 aliphatic rings. The minimum absolute atomic E-state index is 0.0844. The van der Waals surface area contributed by atoms with Crippen molar-refractivity contribution in [3.05, 3.63) is 94.6 Å². The fourth-order valence-electron chi connectivity index (χ4n) is 3.24. The van der Waals surface area contributed by atoms with Crippen molar-refractivity contribution in [2.24, 2.45) is 0 Å². The summed E-state index contributed by atoms with van der Waals surface area (Å²) in [5, 5.41) is 14.4. The molecular formula is C27H22F3N3O3. The Morgan fingerprint density at radius 2 is 1.72 bits per heavy atom. The van der Waals surface area contributed by atoms with Crippen LogP contribution in [-0.2, 0) is 15.8 Å². The molecule has 184 valence electrons. The van der Waals surface area contributed by atoms with Gasteiger partial charge in [0.2, 0.25) is 0 Å². The zero-order chi connectivity index (χ0) is 26.3. The van der Waals surface area contributed by atoms with E-state index in [9.17, 15) is 28.0 Å². The zero-order valence-corrected chi connectivity index (χ0v) is 19.4. The Hall–Kier alpha value is -4.58. The zero-order valence-electron chi connectivity index (χ0n) is 19.4. The SMILES string of the molecule is Cc1ccc(NC(=O)COc2ccc(/C=C(\C#N)C(=O)Nc3cccc(C(F)(F)F)c3)cc2)c(C)c1. The Balaban J connectivity index is 1.60. The third-order valence-electron chi connectivity index (χ3n) is 5.03. The van der Waals surface area contributed by atoms with E-state index in [2.05, 4.69) is 10.6 Å². The number of hydrogen-bond acceptors (Lipinski definition) is 4. The summed E-state index contributed by atoms with van der Waals surface area (Å²) in [5.74, 6) is -0.779. The lowest BCUT2D eigenvalue weighted by Gasteiger charge is -2.10. The van der Waals surface area contributed by atoms with Gasteiger partial charge in [-0.25, -0.2) is 0 Å². The van der Waals surface area contributed by atoms with Crippen LogP contribution < -0.4 is 15.4 Å². The first-order chi connectivity index (χ1) is 17.0. The van der Waals surface area contributed by atoms with Gasteiger partial charge >= 0.3 is 6.18 Å². The van der Waals surface area contributed by atoms with Crippen molar-refractivity contribution in [1.29, 1.82) is 5.26 Å². The number of ether oxygens (including phenoxy) is 1. The van der Waals surface area contributed by atoms with Gasteiger partial charge in [0.05, 0.1) is 5.56 Å². The Labute approximate surface area is 206 Å². The maximum atomic E-state index is 12.9. The Kier molecular flexibility index (Phi) is 8.12. The van der Waals surface area contributed by atoms with Gasteiger partial charge < -0.3 is 15.4 Å². The average molecular weight is 493 g/mol. The van der Waals surface area contributed by atoms with E-state index in [4.69, 9.17) is 4.74 Å². The van der Waals surface area contributed by atoms with Crippen LogP contribution in [-0.4, -0.2) is 18.4 Å². The van der Waals surface area contributed by atoms with Crippen molar-refractivity contribution < 1.29 is 27.5 Å². The monoisotopic (exact) mass is 493 g/mol. The van der Waals surface area contributed by atoms with Gasteiger partial charge in [0.25, 0.3) is 11.8 Å². The third kappa shape index (κ3) is 7.21. The van der Waals surface area contributed by atoms with Gasteiger partial charge in [-0.2, -0.15) is 18.4 Å². The molecule has 6 nitrogen and oxygen atoms in total. The van der Waals surface area contributed by atoms with Crippen molar-refractivity contribution in [1.82, 2.24) is 0 Å². The smallest absolute Gasteiger partial charge is 0.416 e. The summed E-state index contributed by atoms with van der Waals surface area (Å²) >= 11 is 0. The average Bonchev–Trinajstić information content (AvgIpc) is 2.83. The number of anilines is 2. The van der Waals surface area contributed by atoms with E-state index in [1.165, 1.54) is 12.1 Å². The molecule has 0 bridgehead atoms. The minimum Gasteiger partial charge on any atom is -0.484 e. The Morgan fingerprint density at radius 1 is 1.00 bits per heavy atom. The van der Waals surface area contributed by atoms with Gasteiger partial charge in [-0.1, -0.05) is 35.9 Å². The number of nitrogens with one attached hydrogen (secondary N) is 2. The summed E-state index contributed by atoms with van der Waals surface area (Å²) in [5.41, 5.74) is 1.90. The summed E-state index contributed by atoms with van der Waals surface area (Å²) in [4.78, 5) is 24.6. The first-order valence-electron chi connectivity index (χ1n) is 10.8. The normalized spacial score (nSPS) is 11.4. The lowest BCUT2D eigenvalue weighted by atomic mass is 10.1. The molecule has 0 saturated heterocycles. The van der Waals surface area contributed by atoms with Crippen LogP contribution in [0.3, 0.4) is 0 Å². The van der Waals surface area contributed by atoms with E-state index in [0.29, 0.717) is 17.0 Å².